The number of hydrogen-bond acceptors (Lipinski definition) is 7. The van der Waals surface area contributed by atoms with Crippen molar-refractivity contribution >= 4 is 13.8 Å². The van der Waals surface area contributed by atoms with Gasteiger partial charge in [-0.15, -0.1) is 0 Å². The fraction of sp³-hybridized carbons (Fsp3) is 0.889. The molecular weight excluding hydrogens is 697 g/mol. The van der Waals surface area contributed by atoms with E-state index in [4.69, 9.17) is 18.5 Å². The highest BCUT2D eigenvalue weighted by molar-refractivity contribution is 7.45. The number of hydrogen-bond donors (Lipinski definition) is 0. The Morgan fingerprint density at radius 2 is 0.963 bits per heavy atom. The van der Waals surface area contributed by atoms with Crippen LogP contribution in [-0.4, -0.2) is 70.7 Å². The summed E-state index contributed by atoms with van der Waals surface area (Å²) in [5, 5.41) is 0. The van der Waals surface area contributed by atoms with Crippen LogP contribution in [0.3, 0.4) is 0 Å². The summed E-state index contributed by atoms with van der Waals surface area (Å²) in [6, 6.07) is 0. The molecular formula is C45H88NO7P. The average molecular weight is 786 g/mol. The third kappa shape index (κ3) is 42.1. The van der Waals surface area contributed by atoms with Gasteiger partial charge in [0.05, 0.1) is 34.4 Å². The number of allylic oxidation sites excluding steroid dienone is 4. The molecule has 0 aromatic rings. The molecule has 0 aromatic heterocycles. The SMILES string of the molecule is CCCCCCCC/C=C\CCCCCCCCOCC(COP(=O)([O-])OCC[N+](C)(C)C)OC(=O)CCCCCCC/C=C\CCCCCCCCC. The maximum Gasteiger partial charge on any atom is 0.306 e. The second-order valence-corrected chi connectivity index (χ2v) is 17.8. The van der Waals surface area contributed by atoms with E-state index in [1.165, 1.54) is 135 Å². The van der Waals surface area contributed by atoms with Gasteiger partial charge in [-0.3, -0.25) is 9.36 Å². The lowest BCUT2D eigenvalue weighted by Crippen LogP contribution is -2.37. The molecule has 2 unspecified atom stereocenters. The van der Waals surface area contributed by atoms with Gasteiger partial charge < -0.3 is 27.9 Å². The van der Waals surface area contributed by atoms with E-state index in [9.17, 15) is 14.3 Å². The minimum absolute atomic E-state index is 0.0245. The van der Waals surface area contributed by atoms with Gasteiger partial charge in [0.2, 0.25) is 0 Å². The average Bonchev–Trinajstić information content (AvgIpc) is 3.12. The van der Waals surface area contributed by atoms with E-state index in [1.54, 1.807) is 0 Å². The van der Waals surface area contributed by atoms with Gasteiger partial charge in [0, 0.05) is 13.0 Å². The van der Waals surface area contributed by atoms with Crippen molar-refractivity contribution in [2.24, 2.45) is 0 Å². The van der Waals surface area contributed by atoms with Crippen LogP contribution in [0.15, 0.2) is 24.3 Å². The van der Waals surface area contributed by atoms with Gasteiger partial charge in [0.25, 0.3) is 7.82 Å². The molecule has 0 aliphatic heterocycles. The number of phosphoric acid groups is 1. The molecule has 0 spiro atoms. The van der Waals surface area contributed by atoms with Crippen LogP contribution in [0.4, 0.5) is 0 Å². The number of carbonyl (C=O) groups is 1. The third-order valence-corrected chi connectivity index (χ3v) is 10.7. The zero-order valence-electron chi connectivity index (χ0n) is 36.2. The van der Waals surface area contributed by atoms with E-state index in [2.05, 4.69) is 38.2 Å². The molecule has 0 amide bonds. The molecule has 0 saturated heterocycles. The minimum Gasteiger partial charge on any atom is -0.756 e. The largest absolute Gasteiger partial charge is 0.756 e. The Labute approximate surface area is 334 Å². The molecule has 2 atom stereocenters. The van der Waals surface area contributed by atoms with Crippen molar-refractivity contribution in [2.75, 3.05) is 54.1 Å². The molecule has 0 aliphatic rings. The first-order chi connectivity index (χ1) is 26.1. The van der Waals surface area contributed by atoms with Crippen LogP contribution in [0, 0.1) is 0 Å². The summed E-state index contributed by atoms with van der Waals surface area (Å²) in [6.07, 6.45) is 43.3. The minimum atomic E-state index is -4.52. The van der Waals surface area contributed by atoms with Crippen LogP contribution >= 0.6 is 7.82 Å². The van der Waals surface area contributed by atoms with Crippen molar-refractivity contribution in [3.63, 3.8) is 0 Å². The van der Waals surface area contributed by atoms with E-state index in [-0.39, 0.29) is 25.8 Å². The molecule has 0 aliphatic carbocycles. The summed E-state index contributed by atoms with van der Waals surface area (Å²) < 4.78 is 34.6. The molecule has 9 heteroatoms. The molecule has 0 radical (unpaired) electrons. The second-order valence-electron chi connectivity index (χ2n) is 16.4. The number of nitrogens with zero attached hydrogens (tertiary/aromatic N) is 1. The Morgan fingerprint density at radius 3 is 1.41 bits per heavy atom. The first-order valence-corrected chi connectivity index (χ1v) is 24.0. The molecule has 8 nitrogen and oxygen atoms in total. The van der Waals surface area contributed by atoms with Gasteiger partial charge >= 0.3 is 5.97 Å². The van der Waals surface area contributed by atoms with Gasteiger partial charge in [-0.1, -0.05) is 154 Å². The van der Waals surface area contributed by atoms with Crippen molar-refractivity contribution in [3.05, 3.63) is 24.3 Å². The Kier molecular flexibility index (Phi) is 38.1. The van der Waals surface area contributed by atoms with Gasteiger partial charge in [-0.05, 0) is 64.2 Å². The highest BCUT2D eigenvalue weighted by Crippen LogP contribution is 2.38. The Bertz CT molecular complexity index is 920. The zero-order chi connectivity index (χ0) is 39.9. The van der Waals surface area contributed by atoms with Gasteiger partial charge in [-0.2, -0.15) is 0 Å². The van der Waals surface area contributed by atoms with Crippen LogP contribution in [0.5, 0.6) is 0 Å². The summed E-state index contributed by atoms with van der Waals surface area (Å²) in [6.45, 7) is 5.40. The van der Waals surface area contributed by atoms with Gasteiger partial charge in [0.1, 0.15) is 19.3 Å². The quantitative estimate of drug-likeness (QED) is 0.0200. The predicted octanol–water partition coefficient (Wildman–Crippen LogP) is 12.6. The standard InChI is InChI=1S/C45H88NO7P/c1-6-8-10-12-14-16-18-20-22-24-26-28-30-32-34-36-38-45(47)53-44(43-52-54(48,49)51-41-39-46(3,4)5)42-50-40-37-35-33-31-29-27-25-23-21-19-17-15-13-11-9-7-2/h21-24,44H,6-20,25-43H2,1-5H3/b23-21-,24-22-. The number of rotatable bonds is 42. The van der Waals surface area contributed by atoms with E-state index in [0.29, 0.717) is 24.1 Å². The van der Waals surface area contributed by atoms with E-state index >= 15 is 0 Å². The molecule has 0 rings (SSSR count). The number of likely N-dealkylation sites (N-methyl/N-ethyl adjacent to an activating group) is 1. The van der Waals surface area contributed by atoms with Crippen molar-refractivity contribution in [1.82, 2.24) is 0 Å². The molecule has 0 heterocycles. The fourth-order valence-corrected chi connectivity index (χ4v) is 6.91. The molecule has 54 heavy (non-hydrogen) atoms. The van der Waals surface area contributed by atoms with Crippen LogP contribution in [0.25, 0.3) is 0 Å². The zero-order valence-corrected chi connectivity index (χ0v) is 37.1. The third-order valence-electron chi connectivity index (χ3n) is 9.73. The number of carbonyl (C=O) groups excluding carboxylic acids is 1. The summed E-state index contributed by atoms with van der Waals surface area (Å²) in [7, 11) is 1.35. The number of phosphoric ester groups is 1. The first-order valence-electron chi connectivity index (χ1n) is 22.6. The maximum atomic E-state index is 12.7. The topological polar surface area (TPSA) is 94.1 Å². The highest BCUT2D eigenvalue weighted by Gasteiger charge is 2.20. The number of unbranched alkanes of at least 4 members (excludes halogenated alkanes) is 24. The van der Waals surface area contributed by atoms with Crippen LogP contribution in [0.2, 0.25) is 0 Å². The molecule has 0 N–H and O–H groups in total. The van der Waals surface area contributed by atoms with Crippen LogP contribution in [-0.2, 0) is 27.9 Å². The summed E-state index contributed by atoms with van der Waals surface area (Å²) >= 11 is 0. The normalized spacial score (nSPS) is 14.0. The van der Waals surface area contributed by atoms with Crippen molar-refractivity contribution in [2.45, 2.75) is 206 Å². The van der Waals surface area contributed by atoms with Crippen molar-refractivity contribution in [1.29, 1.82) is 0 Å². The van der Waals surface area contributed by atoms with Crippen LogP contribution in [0.1, 0.15) is 200 Å². The Hall–Kier alpha value is -1.02. The van der Waals surface area contributed by atoms with Crippen molar-refractivity contribution < 1.29 is 37.3 Å². The Balaban J connectivity index is 4.24. The predicted molar refractivity (Wildman–Crippen MR) is 227 cm³/mol. The maximum absolute atomic E-state index is 12.7. The van der Waals surface area contributed by atoms with Gasteiger partial charge in [-0.25, -0.2) is 0 Å². The molecule has 0 aromatic carbocycles. The molecule has 0 fully saturated rings. The summed E-state index contributed by atoms with van der Waals surface area (Å²) in [5.41, 5.74) is 0. The second kappa shape index (κ2) is 38.8. The van der Waals surface area contributed by atoms with Gasteiger partial charge in [0.15, 0.2) is 0 Å². The number of ether oxygens (including phenoxy) is 2. The van der Waals surface area contributed by atoms with E-state index in [1.807, 2.05) is 21.1 Å². The number of esters is 1. The molecule has 0 bridgehead atoms. The summed E-state index contributed by atoms with van der Waals surface area (Å²) in [5.74, 6) is -0.343. The van der Waals surface area contributed by atoms with E-state index in [0.717, 1.165) is 44.9 Å². The lowest BCUT2D eigenvalue weighted by atomic mass is 10.1. The molecule has 0 saturated carbocycles. The smallest absolute Gasteiger partial charge is 0.306 e. The lowest BCUT2D eigenvalue weighted by molar-refractivity contribution is -0.870. The fourth-order valence-electron chi connectivity index (χ4n) is 6.18. The lowest BCUT2D eigenvalue weighted by Gasteiger charge is -2.28. The first kappa shape index (κ1) is 53.0. The number of quaternary nitrogens is 1. The summed E-state index contributed by atoms with van der Waals surface area (Å²) in [4.78, 5) is 25.0. The van der Waals surface area contributed by atoms with Crippen LogP contribution < -0.4 is 4.89 Å². The molecule has 320 valence electrons. The van der Waals surface area contributed by atoms with E-state index < -0.39 is 13.9 Å². The van der Waals surface area contributed by atoms with Crippen molar-refractivity contribution in [3.8, 4) is 0 Å². The highest BCUT2D eigenvalue weighted by atomic mass is 31.2. The monoisotopic (exact) mass is 786 g/mol. The Morgan fingerprint density at radius 1 is 0.556 bits per heavy atom.